The lowest BCUT2D eigenvalue weighted by Gasteiger charge is -2.26. The molecule has 6 nitrogen and oxygen atoms in total. The zero-order valence-corrected chi connectivity index (χ0v) is 18.3. The van der Waals surface area contributed by atoms with Crippen molar-refractivity contribution >= 4 is 28.8 Å². The first-order chi connectivity index (χ1) is 15.1. The van der Waals surface area contributed by atoms with Crippen LogP contribution in [0.1, 0.15) is 45.9 Å². The number of amides is 2. The molecule has 0 unspecified atom stereocenters. The smallest absolute Gasteiger partial charge is 0.255 e. The minimum Gasteiger partial charge on any atom is -0.487 e. The first-order valence-corrected chi connectivity index (χ1v) is 11.3. The Morgan fingerprint density at radius 1 is 1.19 bits per heavy atom. The van der Waals surface area contributed by atoms with E-state index in [4.69, 9.17) is 4.74 Å². The molecule has 0 atom stereocenters. The van der Waals surface area contributed by atoms with E-state index in [0.717, 1.165) is 35.7 Å². The number of ether oxygens (including phenoxy) is 1. The molecule has 1 aliphatic rings. The zero-order chi connectivity index (χ0) is 21.6. The quantitative estimate of drug-likeness (QED) is 0.579. The molecule has 2 heterocycles. The van der Waals surface area contributed by atoms with Gasteiger partial charge in [0.05, 0.1) is 10.7 Å². The summed E-state index contributed by atoms with van der Waals surface area (Å²) >= 11 is 1.58. The second kappa shape index (κ2) is 9.75. The number of hydrogen-bond acceptors (Lipinski definition) is 5. The average Bonchev–Trinajstić information content (AvgIpc) is 3.19. The highest BCUT2D eigenvalue weighted by atomic mass is 32.1. The van der Waals surface area contributed by atoms with E-state index in [2.05, 4.69) is 10.3 Å². The summed E-state index contributed by atoms with van der Waals surface area (Å²) in [5.41, 5.74) is 3.10. The van der Waals surface area contributed by atoms with Crippen LogP contribution in [0.2, 0.25) is 0 Å². The van der Waals surface area contributed by atoms with Gasteiger partial charge in [-0.25, -0.2) is 4.98 Å². The van der Waals surface area contributed by atoms with Crippen LogP contribution < -0.4 is 10.1 Å². The predicted octanol–water partition coefficient (Wildman–Crippen LogP) is 4.80. The van der Waals surface area contributed by atoms with Gasteiger partial charge in [0.15, 0.2) is 0 Å². The van der Waals surface area contributed by atoms with Gasteiger partial charge in [0.2, 0.25) is 5.91 Å². The molecule has 0 bridgehead atoms. The molecule has 1 fully saturated rings. The SMILES string of the molecule is Cc1nc(COc2cccc(C(=O)Nc3cccc(CN4CCCCC4=O)c3)c2)cs1. The van der Waals surface area contributed by atoms with E-state index in [1.54, 1.807) is 29.5 Å². The molecule has 2 aromatic carbocycles. The predicted molar refractivity (Wildman–Crippen MR) is 121 cm³/mol. The Bertz CT molecular complexity index is 1080. The number of thiazole rings is 1. The largest absolute Gasteiger partial charge is 0.487 e. The van der Waals surface area contributed by atoms with Crippen molar-refractivity contribution in [1.29, 1.82) is 0 Å². The van der Waals surface area contributed by atoms with E-state index in [1.165, 1.54) is 0 Å². The van der Waals surface area contributed by atoms with Gasteiger partial charge in [0, 0.05) is 36.1 Å². The number of carbonyl (C=O) groups is 2. The van der Waals surface area contributed by atoms with E-state index >= 15 is 0 Å². The first kappa shape index (κ1) is 21.1. The Balaban J connectivity index is 1.38. The minimum atomic E-state index is -0.207. The van der Waals surface area contributed by atoms with Crippen molar-refractivity contribution < 1.29 is 14.3 Å². The molecule has 1 saturated heterocycles. The summed E-state index contributed by atoms with van der Waals surface area (Å²) in [4.78, 5) is 31.1. The van der Waals surface area contributed by atoms with Crippen molar-refractivity contribution in [3.05, 3.63) is 75.7 Å². The minimum absolute atomic E-state index is 0.199. The Morgan fingerprint density at radius 2 is 2.06 bits per heavy atom. The maximum Gasteiger partial charge on any atom is 0.255 e. The summed E-state index contributed by atoms with van der Waals surface area (Å²) in [7, 11) is 0. The standard InChI is InChI=1S/C24H25N3O3S/c1-17-25-21(16-31-17)15-30-22-9-5-7-19(13-22)24(29)26-20-8-4-6-18(12-20)14-27-11-3-2-10-23(27)28/h4-9,12-13,16H,2-3,10-11,14-15H2,1H3,(H,26,29). The highest BCUT2D eigenvalue weighted by molar-refractivity contribution is 7.09. The van der Waals surface area contributed by atoms with Crippen molar-refractivity contribution in [3.63, 3.8) is 0 Å². The normalized spacial score (nSPS) is 13.8. The lowest BCUT2D eigenvalue weighted by molar-refractivity contribution is -0.133. The van der Waals surface area contributed by atoms with Crippen LogP contribution in [-0.2, 0) is 17.9 Å². The molecule has 0 saturated carbocycles. The fourth-order valence-electron chi connectivity index (χ4n) is 3.56. The van der Waals surface area contributed by atoms with Gasteiger partial charge in [0.1, 0.15) is 12.4 Å². The number of aromatic nitrogens is 1. The fraction of sp³-hybridized carbons (Fsp3) is 0.292. The molecule has 1 N–H and O–H groups in total. The molecule has 0 spiro atoms. The summed E-state index contributed by atoms with van der Waals surface area (Å²) in [5, 5.41) is 5.91. The van der Waals surface area contributed by atoms with Gasteiger partial charge < -0.3 is 15.0 Å². The number of rotatable bonds is 7. The van der Waals surface area contributed by atoms with Gasteiger partial charge in [-0.15, -0.1) is 11.3 Å². The second-order valence-corrected chi connectivity index (χ2v) is 8.66. The van der Waals surface area contributed by atoms with Crippen LogP contribution in [0.15, 0.2) is 53.9 Å². The van der Waals surface area contributed by atoms with E-state index < -0.39 is 0 Å². The molecule has 160 valence electrons. The van der Waals surface area contributed by atoms with Gasteiger partial charge in [-0.05, 0) is 55.7 Å². The van der Waals surface area contributed by atoms with E-state index in [0.29, 0.717) is 36.6 Å². The van der Waals surface area contributed by atoms with Gasteiger partial charge in [-0.1, -0.05) is 18.2 Å². The Hall–Kier alpha value is -3.19. The van der Waals surface area contributed by atoms with Gasteiger partial charge >= 0.3 is 0 Å². The molecule has 7 heteroatoms. The first-order valence-electron chi connectivity index (χ1n) is 10.4. The number of carbonyl (C=O) groups excluding carboxylic acids is 2. The third kappa shape index (κ3) is 5.70. The van der Waals surface area contributed by atoms with Gasteiger partial charge in [0.25, 0.3) is 5.91 Å². The molecule has 31 heavy (non-hydrogen) atoms. The molecule has 0 aliphatic carbocycles. The fourth-order valence-corrected chi connectivity index (χ4v) is 4.16. The van der Waals surface area contributed by atoms with Crippen molar-refractivity contribution in [3.8, 4) is 5.75 Å². The number of nitrogens with zero attached hydrogens (tertiary/aromatic N) is 2. The second-order valence-electron chi connectivity index (χ2n) is 7.60. The van der Waals surface area contributed by atoms with Crippen LogP contribution >= 0.6 is 11.3 Å². The third-order valence-corrected chi connectivity index (χ3v) is 5.95. The van der Waals surface area contributed by atoms with Crippen LogP contribution in [0.5, 0.6) is 5.75 Å². The highest BCUT2D eigenvalue weighted by Gasteiger charge is 2.18. The Kier molecular flexibility index (Phi) is 6.62. The maximum atomic E-state index is 12.8. The summed E-state index contributed by atoms with van der Waals surface area (Å²) in [6.07, 6.45) is 2.64. The molecule has 0 radical (unpaired) electrons. The van der Waals surface area contributed by atoms with Crippen molar-refractivity contribution in [2.24, 2.45) is 0 Å². The molecule has 2 amide bonds. The van der Waals surface area contributed by atoms with Crippen molar-refractivity contribution in [2.45, 2.75) is 39.3 Å². The zero-order valence-electron chi connectivity index (χ0n) is 17.5. The molecular formula is C24H25N3O3S. The van der Waals surface area contributed by atoms with Crippen LogP contribution in [0.3, 0.4) is 0 Å². The highest BCUT2D eigenvalue weighted by Crippen LogP contribution is 2.20. The van der Waals surface area contributed by atoms with Gasteiger partial charge in [-0.3, -0.25) is 9.59 Å². The van der Waals surface area contributed by atoms with E-state index in [9.17, 15) is 9.59 Å². The maximum absolute atomic E-state index is 12.8. The molecule has 4 rings (SSSR count). The number of aryl methyl sites for hydroxylation is 1. The van der Waals surface area contributed by atoms with Crippen LogP contribution in [-0.4, -0.2) is 28.2 Å². The lowest BCUT2D eigenvalue weighted by atomic mass is 10.1. The monoisotopic (exact) mass is 435 g/mol. The summed E-state index contributed by atoms with van der Waals surface area (Å²) in [6.45, 7) is 3.69. The lowest BCUT2D eigenvalue weighted by Crippen LogP contribution is -2.34. The van der Waals surface area contributed by atoms with Crippen LogP contribution in [0, 0.1) is 6.92 Å². The number of hydrogen-bond donors (Lipinski definition) is 1. The molecular weight excluding hydrogens is 410 g/mol. The summed E-state index contributed by atoms with van der Waals surface area (Å²) < 4.78 is 5.79. The molecule has 1 aromatic heterocycles. The van der Waals surface area contributed by atoms with Crippen molar-refractivity contribution in [1.82, 2.24) is 9.88 Å². The van der Waals surface area contributed by atoms with Gasteiger partial charge in [-0.2, -0.15) is 0 Å². The van der Waals surface area contributed by atoms with Crippen LogP contribution in [0.4, 0.5) is 5.69 Å². The number of benzene rings is 2. The number of nitrogens with one attached hydrogen (secondary N) is 1. The number of anilines is 1. The molecule has 3 aromatic rings. The third-order valence-electron chi connectivity index (χ3n) is 5.13. The Labute approximate surface area is 185 Å². The summed E-state index contributed by atoms with van der Waals surface area (Å²) in [5.74, 6) is 0.613. The molecule has 1 aliphatic heterocycles. The Morgan fingerprint density at radius 3 is 2.87 bits per heavy atom. The van der Waals surface area contributed by atoms with Crippen LogP contribution in [0.25, 0.3) is 0 Å². The topological polar surface area (TPSA) is 71.5 Å². The van der Waals surface area contributed by atoms with E-state index in [-0.39, 0.29) is 11.8 Å². The van der Waals surface area contributed by atoms with E-state index in [1.807, 2.05) is 47.5 Å². The number of likely N-dealkylation sites (tertiary alicyclic amines) is 1. The van der Waals surface area contributed by atoms with Crippen molar-refractivity contribution in [2.75, 3.05) is 11.9 Å². The summed E-state index contributed by atoms with van der Waals surface area (Å²) in [6, 6.07) is 14.8. The average molecular weight is 436 g/mol. The number of piperidine rings is 1.